The molecular weight excluding hydrogens is 308 g/mol. The van der Waals surface area contributed by atoms with E-state index in [4.69, 9.17) is 0 Å². The van der Waals surface area contributed by atoms with Crippen molar-refractivity contribution in [1.29, 1.82) is 0 Å². The number of unbranched alkanes of at least 4 members (excludes halogenated alkanes) is 1. The van der Waals surface area contributed by atoms with E-state index in [1.807, 2.05) is 24.7 Å². The fourth-order valence-electron chi connectivity index (χ4n) is 3.15. The predicted molar refractivity (Wildman–Crippen MR) is 90.6 cm³/mol. The van der Waals surface area contributed by atoms with Gasteiger partial charge in [0.05, 0.1) is 11.6 Å². The van der Waals surface area contributed by atoms with Crippen LogP contribution in [0.5, 0.6) is 0 Å². The summed E-state index contributed by atoms with van der Waals surface area (Å²) < 4.78 is 1.92. The predicted octanol–water partition coefficient (Wildman–Crippen LogP) is 2.24. The van der Waals surface area contributed by atoms with Gasteiger partial charge in [-0.1, -0.05) is 20.3 Å². The summed E-state index contributed by atoms with van der Waals surface area (Å²) in [5.74, 6) is -1.10. The highest BCUT2D eigenvalue weighted by atomic mass is 16.4. The van der Waals surface area contributed by atoms with Crippen LogP contribution in [0.3, 0.4) is 0 Å². The number of aromatic nitrogens is 2. The Balaban J connectivity index is 1.90. The number of aliphatic carboxylic acids is 1. The highest BCUT2D eigenvalue weighted by Crippen LogP contribution is 2.21. The Labute approximate surface area is 143 Å². The van der Waals surface area contributed by atoms with Gasteiger partial charge in [-0.05, 0) is 25.7 Å². The number of aryl methyl sites for hydroxylation is 2. The summed E-state index contributed by atoms with van der Waals surface area (Å²) >= 11 is 0. The summed E-state index contributed by atoms with van der Waals surface area (Å²) in [5, 5.41) is 16.6. The standard InChI is InChI=1S/C17H28N4O3/c1-4-5-6-21-11-15(13(3)19-21)8-18-17(24)20-9-12(2)7-14(10-20)16(22)23/h11-12,14H,4-10H2,1-3H3,(H,18,24)(H,22,23). The van der Waals surface area contributed by atoms with Gasteiger partial charge in [0, 0.05) is 37.9 Å². The summed E-state index contributed by atoms with van der Waals surface area (Å²) in [6.45, 7) is 8.24. The van der Waals surface area contributed by atoms with E-state index >= 15 is 0 Å². The molecular formula is C17H28N4O3. The van der Waals surface area contributed by atoms with Crippen molar-refractivity contribution in [2.45, 2.75) is 53.1 Å². The molecule has 0 radical (unpaired) electrons. The topological polar surface area (TPSA) is 87.5 Å². The molecule has 0 spiro atoms. The summed E-state index contributed by atoms with van der Waals surface area (Å²) in [5.41, 5.74) is 1.92. The summed E-state index contributed by atoms with van der Waals surface area (Å²) in [7, 11) is 0. The van der Waals surface area contributed by atoms with Crippen LogP contribution in [-0.2, 0) is 17.9 Å². The molecule has 0 bridgehead atoms. The van der Waals surface area contributed by atoms with Crippen LogP contribution >= 0.6 is 0 Å². The Morgan fingerprint density at radius 3 is 2.83 bits per heavy atom. The van der Waals surface area contributed by atoms with Gasteiger partial charge in [-0.15, -0.1) is 0 Å². The van der Waals surface area contributed by atoms with Crippen molar-refractivity contribution in [2.24, 2.45) is 11.8 Å². The van der Waals surface area contributed by atoms with E-state index in [-0.39, 0.29) is 18.5 Å². The lowest BCUT2D eigenvalue weighted by Gasteiger charge is -2.34. The number of carbonyl (C=O) groups excluding carboxylic acids is 1. The lowest BCUT2D eigenvalue weighted by Crippen LogP contribution is -2.49. The number of hydrogen-bond acceptors (Lipinski definition) is 3. The molecule has 0 saturated carbocycles. The van der Waals surface area contributed by atoms with Gasteiger partial charge >= 0.3 is 12.0 Å². The molecule has 2 N–H and O–H groups in total. The molecule has 0 aliphatic carbocycles. The van der Waals surface area contributed by atoms with E-state index in [0.717, 1.165) is 30.6 Å². The average Bonchev–Trinajstić information content (AvgIpc) is 2.89. The van der Waals surface area contributed by atoms with Gasteiger partial charge in [0.2, 0.25) is 0 Å². The van der Waals surface area contributed by atoms with E-state index in [9.17, 15) is 14.7 Å². The van der Waals surface area contributed by atoms with Crippen molar-refractivity contribution >= 4 is 12.0 Å². The highest BCUT2D eigenvalue weighted by Gasteiger charge is 2.31. The molecule has 2 atom stereocenters. The summed E-state index contributed by atoms with van der Waals surface area (Å²) in [6.07, 6.45) is 4.80. The number of rotatable bonds is 6. The minimum atomic E-state index is -0.826. The van der Waals surface area contributed by atoms with Gasteiger partial charge in [0.15, 0.2) is 0 Å². The maximum atomic E-state index is 12.4. The minimum absolute atomic E-state index is 0.198. The Bertz CT molecular complexity index is 584. The van der Waals surface area contributed by atoms with E-state index in [1.54, 1.807) is 4.90 Å². The van der Waals surface area contributed by atoms with Crippen LogP contribution < -0.4 is 5.32 Å². The Kier molecular flexibility index (Phi) is 6.23. The molecule has 1 aromatic heterocycles. The third kappa shape index (κ3) is 4.72. The lowest BCUT2D eigenvalue weighted by atomic mass is 9.91. The second-order valence-electron chi connectivity index (χ2n) is 6.80. The molecule has 1 fully saturated rings. The Morgan fingerprint density at radius 1 is 1.42 bits per heavy atom. The number of carbonyl (C=O) groups is 2. The van der Waals surface area contributed by atoms with Crippen molar-refractivity contribution in [1.82, 2.24) is 20.0 Å². The second-order valence-corrected chi connectivity index (χ2v) is 6.80. The first-order chi connectivity index (χ1) is 11.4. The van der Waals surface area contributed by atoms with Crippen LogP contribution in [0.1, 0.15) is 44.4 Å². The second kappa shape index (κ2) is 8.17. The van der Waals surface area contributed by atoms with Crippen LogP contribution in [0.4, 0.5) is 4.79 Å². The molecule has 0 aromatic carbocycles. The third-order valence-corrected chi connectivity index (χ3v) is 4.52. The molecule has 134 valence electrons. The van der Waals surface area contributed by atoms with E-state index in [1.165, 1.54) is 0 Å². The number of carboxylic acid groups (broad SMARTS) is 1. The Hall–Kier alpha value is -2.05. The number of nitrogens with one attached hydrogen (secondary N) is 1. The number of piperidine rings is 1. The van der Waals surface area contributed by atoms with Gasteiger partial charge in [-0.3, -0.25) is 9.48 Å². The molecule has 2 amide bonds. The normalized spacial score (nSPS) is 20.9. The number of hydrogen-bond donors (Lipinski definition) is 2. The van der Waals surface area contributed by atoms with Crippen LogP contribution in [-0.4, -0.2) is 44.9 Å². The fourth-order valence-corrected chi connectivity index (χ4v) is 3.15. The maximum absolute atomic E-state index is 12.4. The molecule has 2 rings (SSSR count). The molecule has 1 aromatic rings. The zero-order valence-electron chi connectivity index (χ0n) is 14.8. The number of carboxylic acids is 1. The van der Waals surface area contributed by atoms with Gasteiger partial charge in [0.1, 0.15) is 0 Å². The van der Waals surface area contributed by atoms with Gasteiger partial charge in [-0.25, -0.2) is 4.79 Å². The summed E-state index contributed by atoms with van der Waals surface area (Å²) in [4.78, 5) is 25.2. The van der Waals surface area contributed by atoms with Crippen molar-refractivity contribution in [3.63, 3.8) is 0 Å². The van der Waals surface area contributed by atoms with E-state index in [2.05, 4.69) is 17.3 Å². The van der Waals surface area contributed by atoms with Crippen molar-refractivity contribution < 1.29 is 14.7 Å². The monoisotopic (exact) mass is 336 g/mol. The van der Waals surface area contributed by atoms with Crippen molar-refractivity contribution in [3.8, 4) is 0 Å². The molecule has 1 aliphatic heterocycles. The van der Waals surface area contributed by atoms with E-state index in [0.29, 0.717) is 19.5 Å². The van der Waals surface area contributed by atoms with Crippen LogP contribution in [0.2, 0.25) is 0 Å². The first kappa shape index (κ1) is 18.3. The van der Waals surface area contributed by atoms with Crippen LogP contribution in [0.25, 0.3) is 0 Å². The molecule has 7 heteroatoms. The van der Waals surface area contributed by atoms with Crippen molar-refractivity contribution in [3.05, 3.63) is 17.5 Å². The summed E-state index contributed by atoms with van der Waals surface area (Å²) in [6, 6.07) is -0.200. The molecule has 2 heterocycles. The largest absolute Gasteiger partial charge is 0.481 e. The SMILES string of the molecule is CCCCn1cc(CNC(=O)N2CC(C)CC(C(=O)O)C2)c(C)n1. The molecule has 1 aliphatic rings. The maximum Gasteiger partial charge on any atom is 0.317 e. The molecule has 2 unspecified atom stereocenters. The first-order valence-electron chi connectivity index (χ1n) is 8.69. The zero-order chi connectivity index (χ0) is 17.7. The molecule has 7 nitrogen and oxygen atoms in total. The minimum Gasteiger partial charge on any atom is -0.481 e. The number of amides is 2. The van der Waals surface area contributed by atoms with Crippen LogP contribution in [0.15, 0.2) is 6.20 Å². The third-order valence-electron chi connectivity index (χ3n) is 4.52. The highest BCUT2D eigenvalue weighted by molar-refractivity contribution is 5.76. The fraction of sp³-hybridized carbons (Fsp3) is 0.706. The van der Waals surface area contributed by atoms with Crippen molar-refractivity contribution in [2.75, 3.05) is 13.1 Å². The van der Waals surface area contributed by atoms with Gasteiger partial charge in [0.25, 0.3) is 0 Å². The quantitative estimate of drug-likeness (QED) is 0.834. The van der Waals surface area contributed by atoms with Gasteiger partial charge < -0.3 is 15.3 Å². The van der Waals surface area contributed by atoms with Gasteiger partial charge in [-0.2, -0.15) is 5.10 Å². The zero-order valence-corrected chi connectivity index (χ0v) is 14.8. The molecule has 1 saturated heterocycles. The lowest BCUT2D eigenvalue weighted by molar-refractivity contribution is -0.143. The number of nitrogens with zero attached hydrogens (tertiary/aromatic N) is 3. The first-order valence-corrected chi connectivity index (χ1v) is 8.69. The Morgan fingerprint density at radius 2 is 2.17 bits per heavy atom. The van der Waals surface area contributed by atoms with E-state index < -0.39 is 11.9 Å². The number of urea groups is 1. The number of likely N-dealkylation sites (tertiary alicyclic amines) is 1. The van der Waals surface area contributed by atoms with Crippen LogP contribution in [0, 0.1) is 18.8 Å². The average molecular weight is 336 g/mol. The smallest absolute Gasteiger partial charge is 0.317 e. The molecule has 24 heavy (non-hydrogen) atoms.